The van der Waals surface area contributed by atoms with Gasteiger partial charge in [0.05, 0.1) is 18.8 Å². The maximum absolute atomic E-state index is 14.2. The quantitative estimate of drug-likeness (QED) is 0.578. The number of alkyl halides is 3. The summed E-state index contributed by atoms with van der Waals surface area (Å²) >= 11 is 0. The van der Waals surface area contributed by atoms with Gasteiger partial charge in [-0.05, 0) is 5.56 Å². The summed E-state index contributed by atoms with van der Waals surface area (Å²) in [6.07, 6.45) is -4.94. The third-order valence-corrected chi connectivity index (χ3v) is 5.48. The van der Waals surface area contributed by atoms with Crippen LogP contribution in [0.25, 0.3) is 0 Å². The van der Waals surface area contributed by atoms with Gasteiger partial charge in [0.1, 0.15) is 6.61 Å². The minimum atomic E-state index is -4.94. The van der Waals surface area contributed by atoms with E-state index in [1.807, 2.05) is 30.3 Å². The van der Waals surface area contributed by atoms with Gasteiger partial charge in [-0.3, -0.25) is 9.48 Å². The third-order valence-electron chi connectivity index (χ3n) is 5.48. The lowest BCUT2D eigenvalue weighted by Crippen LogP contribution is -2.57. The number of halogens is 3. The number of hydrogen-bond acceptors (Lipinski definition) is 4. The number of fused-ring (bicyclic) bond motifs is 1. The Hall–Kier alpha value is -3.33. The normalized spacial score (nSPS) is 15.7. The monoisotopic (exact) mass is 445 g/mol. The molecule has 1 aliphatic heterocycles. The Kier molecular flexibility index (Phi) is 5.92. The van der Waals surface area contributed by atoms with Gasteiger partial charge in [-0.25, -0.2) is 0 Å². The van der Waals surface area contributed by atoms with E-state index in [-0.39, 0.29) is 25.2 Å². The lowest BCUT2D eigenvalue weighted by atomic mass is 9.90. The molecule has 0 saturated heterocycles. The molecule has 6 nitrogen and oxygen atoms in total. The summed E-state index contributed by atoms with van der Waals surface area (Å²) in [6, 6.07) is 18.2. The summed E-state index contributed by atoms with van der Waals surface area (Å²) in [4.78, 5) is 14.4. The largest absolute Gasteiger partial charge is 0.472 e. The summed E-state index contributed by atoms with van der Waals surface area (Å²) < 4.78 is 54.9. The molecule has 0 aliphatic carbocycles. The van der Waals surface area contributed by atoms with E-state index in [2.05, 4.69) is 5.10 Å². The molecule has 0 radical (unpaired) electrons. The minimum Gasteiger partial charge on any atom is -0.472 e. The summed E-state index contributed by atoms with van der Waals surface area (Å²) in [6.45, 7) is 0.602. The number of aromatic nitrogens is 2. The number of benzene rings is 2. The second kappa shape index (κ2) is 8.66. The molecule has 168 valence electrons. The van der Waals surface area contributed by atoms with Crippen LogP contribution < -0.4 is 4.74 Å². The Morgan fingerprint density at radius 3 is 2.31 bits per heavy atom. The van der Waals surface area contributed by atoms with Gasteiger partial charge in [-0.2, -0.15) is 13.2 Å². The number of methoxy groups -OCH3 is 1. The number of hydrogen-bond donors (Lipinski definition) is 0. The Bertz CT molecular complexity index is 1070. The van der Waals surface area contributed by atoms with Gasteiger partial charge < -0.3 is 14.4 Å². The van der Waals surface area contributed by atoms with Crippen LogP contribution in [0.15, 0.2) is 66.7 Å². The number of ether oxygens (including phenoxy) is 2. The average Bonchev–Trinajstić information content (AvgIpc) is 3.21. The minimum absolute atomic E-state index is 0.0332. The number of amides is 1. The maximum atomic E-state index is 14.2. The van der Waals surface area contributed by atoms with Gasteiger partial charge >= 0.3 is 6.18 Å². The van der Waals surface area contributed by atoms with Crippen molar-refractivity contribution in [2.24, 2.45) is 0 Å². The average molecular weight is 445 g/mol. The molecule has 4 rings (SSSR count). The lowest BCUT2D eigenvalue weighted by molar-refractivity contribution is -0.271. The Morgan fingerprint density at radius 2 is 1.69 bits per heavy atom. The van der Waals surface area contributed by atoms with E-state index in [0.717, 1.165) is 17.6 Å². The van der Waals surface area contributed by atoms with Gasteiger partial charge in [-0.15, -0.1) is 5.10 Å². The van der Waals surface area contributed by atoms with Gasteiger partial charge in [0.15, 0.2) is 0 Å². The number of carbonyl (C=O) groups excluding carboxylic acids is 1. The molecule has 1 unspecified atom stereocenters. The van der Waals surface area contributed by atoms with E-state index in [0.29, 0.717) is 18.2 Å². The Balaban J connectivity index is 1.55. The van der Waals surface area contributed by atoms with Crippen LogP contribution in [0.4, 0.5) is 13.2 Å². The molecule has 2 aromatic carbocycles. The molecule has 0 spiro atoms. The smallest absolute Gasteiger partial charge is 0.430 e. The number of rotatable bonds is 6. The van der Waals surface area contributed by atoms with E-state index in [4.69, 9.17) is 9.47 Å². The fourth-order valence-electron chi connectivity index (χ4n) is 3.84. The van der Waals surface area contributed by atoms with Crippen molar-refractivity contribution in [2.45, 2.75) is 31.5 Å². The van der Waals surface area contributed by atoms with Crippen LogP contribution >= 0.6 is 0 Å². The highest BCUT2D eigenvalue weighted by atomic mass is 19.4. The zero-order valence-corrected chi connectivity index (χ0v) is 17.4. The van der Waals surface area contributed by atoms with Crippen LogP contribution in [-0.2, 0) is 34.8 Å². The van der Waals surface area contributed by atoms with Crippen molar-refractivity contribution < 1.29 is 27.4 Å². The summed E-state index contributed by atoms with van der Waals surface area (Å²) in [5, 5.41) is 4.35. The summed E-state index contributed by atoms with van der Waals surface area (Å²) in [5.41, 5.74) is -1.78. The van der Waals surface area contributed by atoms with Crippen LogP contribution in [0, 0.1) is 0 Å². The van der Waals surface area contributed by atoms with Gasteiger partial charge in [-0.1, -0.05) is 60.7 Å². The molecule has 0 saturated carbocycles. The first-order chi connectivity index (χ1) is 15.3. The van der Waals surface area contributed by atoms with Crippen molar-refractivity contribution in [3.8, 4) is 5.88 Å². The first-order valence-corrected chi connectivity index (χ1v) is 10.1. The topological polar surface area (TPSA) is 56.6 Å². The van der Waals surface area contributed by atoms with E-state index in [1.54, 1.807) is 16.8 Å². The highest BCUT2D eigenvalue weighted by molar-refractivity contribution is 5.88. The predicted octanol–water partition coefficient (Wildman–Crippen LogP) is 3.91. The molecule has 1 amide bonds. The molecule has 1 aromatic heterocycles. The van der Waals surface area contributed by atoms with E-state index < -0.39 is 17.7 Å². The summed E-state index contributed by atoms with van der Waals surface area (Å²) in [7, 11) is 0.905. The van der Waals surface area contributed by atoms with Crippen LogP contribution in [-0.4, -0.2) is 40.4 Å². The zero-order valence-electron chi connectivity index (χ0n) is 17.4. The van der Waals surface area contributed by atoms with Gasteiger partial charge in [0.2, 0.25) is 5.88 Å². The third kappa shape index (κ3) is 3.95. The van der Waals surface area contributed by atoms with Crippen LogP contribution in [0.3, 0.4) is 0 Å². The molecule has 0 bridgehead atoms. The molecule has 3 aromatic rings. The zero-order chi connectivity index (χ0) is 22.8. The van der Waals surface area contributed by atoms with Crippen LogP contribution in [0.2, 0.25) is 0 Å². The molecule has 1 atom stereocenters. The van der Waals surface area contributed by atoms with E-state index in [9.17, 15) is 18.0 Å². The Morgan fingerprint density at radius 1 is 1.03 bits per heavy atom. The van der Waals surface area contributed by atoms with Gasteiger partial charge in [0, 0.05) is 25.3 Å². The predicted molar refractivity (Wildman–Crippen MR) is 110 cm³/mol. The fraction of sp³-hybridized carbons (Fsp3) is 0.304. The highest BCUT2D eigenvalue weighted by Crippen LogP contribution is 2.43. The first kappa shape index (κ1) is 21.9. The molecule has 2 heterocycles. The van der Waals surface area contributed by atoms with Crippen molar-refractivity contribution in [3.63, 3.8) is 0 Å². The van der Waals surface area contributed by atoms with Crippen molar-refractivity contribution in [3.05, 3.63) is 83.6 Å². The van der Waals surface area contributed by atoms with Crippen LogP contribution in [0.5, 0.6) is 5.88 Å². The molecule has 32 heavy (non-hydrogen) atoms. The number of nitrogens with zero attached hydrogens (tertiary/aromatic N) is 3. The molecular weight excluding hydrogens is 423 g/mol. The summed E-state index contributed by atoms with van der Waals surface area (Å²) in [5.74, 6) is -0.798. The van der Waals surface area contributed by atoms with Gasteiger partial charge in [0.25, 0.3) is 11.5 Å². The first-order valence-electron chi connectivity index (χ1n) is 10.1. The maximum Gasteiger partial charge on any atom is 0.430 e. The van der Waals surface area contributed by atoms with Crippen LogP contribution in [0.1, 0.15) is 16.8 Å². The SMILES string of the molecule is COC(C(=O)N1CCn2nc(OCc3ccccc3)cc2C1)(c1ccccc1)C(F)(F)F. The second-order valence-corrected chi connectivity index (χ2v) is 7.45. The van der Waals surface area contributed by atoms with Crippen molar-refractivity contribution in [2.75, 3.05) is 13.7 Å². The molecule has 0 fully saturated rings. The standard InChI is InChI=1S/C23H22F3N3O3/c1-31-22(23(24,25)26,18-10-6-3-7-11-18)21(30)28-12-13-29-19(15-28)14-20(27-29)32-16-17-8-4-2-5-9-17/h2-11,14H,12-13,15-16H2,1H3. The lowest BCUT2D eigenvalue weighted by Gasteiger charge is -2.39. The van der Waals surface area contributed by atoms with Crippen molar-refractivity contribution in [1.82, 2.24) is 14.7 Å². The van der Waals surface area contributed by atoms with E-state index >= 15 is 0 Å². The fourth-order valence-corrected chi connectivity index (χ4v) is 3.84. The van der Waals surface area contributed by atoms with Crippen molar-refractivity contribution >= 4 is 5.91 Å². The molecule has 1 aliphatic rings. The highest BCUT2D eigenvalue weighted by Gasteiger charge is 2.63. The van der Waals surface area contributed by atoms with Crippen molar-refractivity contribution in [1.29, 1.82) is 0 Å². The number of carbonyl (C=O) groups is 1. The molecular formula is C23H22F3N3O3. The van der Waals surface area contributed by atoms with E-state index in [1.165, 1.54) is 24.3 Å². The Labute approximate surface area is 183 Å². The second-order valence-electron chi connectivity index (χ2n) is 7.45. The molecule has 9 heteroatoms. The molecule has 0 N–H and O–H groups in total.